The molecule has 3 fully saturated rings. The minimum atomic E-state index is 0.251. The number of para-hydroxylation sites is 2. The van der Waals surface area contributed by atoms with Gasteiger partial charge in [0, 0.05) is 38.5 Å². The van der Waals surface area contributed by atoms with Crippen LogP contribution in [0.3, 0.4) is 0 Å². The maximum atomic E-state index is 13.0. The molecule has 0 N–H and O–H groups in total. The summed E-state index contributed by atoms with van der Waals surface area (Å²) in [5.74, 6) is 2.08. The predicted molar refractivity (Wildman–Crippen MR) is 112 cm³/mol. The van der Waals surface area contributed by atoms with E-state index in [1.165, 1.54) is 38.8 Å². The minimum absolute atomic E-state index is 0.251. The molecule has 2 aromatic rings. The van der Waals surface area contributed by atoms with Gasteiger partial charge in [0.15, 0.2) is 0 Å². The molecule has 1 aromatic carbocycles. The molecule has 0 saturated carbocycles. The van der Waals surface area contributed by atoms with E-state index < -0.39 is 0 Å². The number of fused-ring (bicyclic) bond motifs is 5. The first-order valence-electron chi connectivity index (χ1n) is 11.0. The number of carbonyl (C=O) groups excluding carboxylic acids is 1. The van der Waals surface area contributed by atoms with Gasteiger partial charge in [-0.2, -0.15) is 0 Å². The number of amides is 1. The van der Waals surface area contributed by atoms with Gasteiger partial charge in [-0.3, -0.25) is 9.69 Å². The number of benzene rings is 1. The quantitative estimate of drug-likeness (QED) is 0.798. The average Bonchev–Trinajstić information content (AvgIpc) is 2.76. The fourth-order valence-corrected chi connectivity index (χ4v) is 5.70. The van der Waals surface area contributed by atoms with Gasteiger partial charge in [0.1, 0.15) is 5.69 Å². The van der Waals surface area contributed by atoms with Gasteiger partial charge < -0.3 is 9.64 Å². The first-order chi connectivity index (χ1) is 14.2. The summed E-state index contributed by atoms with van der Waals surface area (Å²) in [6.45, 7) is 4.27. The van der Waals surface area contributed by atoms with Crippen molar-refractivity contribution in [3.63, 3.8) is 0 Å². The molecule has 29 heavy (non-hydrogen) atoms. The van der Waals surface area contributed by atoms with Gasteiger partial charge >= 0.3 is 0 Å². The molecule has 3 atom stereocenters. The van der Waals surface area contributed by atoms with Gasteiger partial charge in [0.05, 0.1) is 18.1 Å². The fraction of sp³-hybridized carbons (Fsp3) is 0.609. The summed E-state index contributed by atoms with van der Waals surface area (Å²) in [5.41, 5.74) is 2.44. The van der Waals surface area contributed by atoms with Crippen molar-refractivity contribution in [2.24, 2.45) is 11.8 Å². The van der Waals surface area contributed by atoms with Crippen LogP contribution in [0.15, 0.2) is 24.3 Å². The van der Waals surface area contributed by atoms with E-state index in [0.29, 0.717) is 36.6 Å². The lowest BCUT2D eigenvalue weighted by atomic mass is 9.76. The molecule has 0 unspecified atom stereocenters. The van der Waals surface area contributed by atoms with Gasteiger partial charge in [0.2, 0.25) is 11.8 Å². The first-order valence-corrected chi connectivity index (χ1v) is 11.0. The first kappa shape index (κ1) is 18.8. The molecule has 3 aliphatic heterocycles. The molecular weight excluding hydrogens is 364 g/mol. The number of aromatic nitrogens is 2. The molecular formula is C23H30N4O2. The number of piperidine rings is 3. The summed E-state index contributed by atoms with van der Waals surface area (Å²) in [5, 5.41) is 0. The second-order valence-electron chi connectivity index (χ2n) is 8.89. The highest BCUT2D eigenvalue weighted by Gasteiger charge is 2.42. The zero-order valence-electron chi connectivity index (χ0n) is 17.2. The normalized spacial score (nSPS) is 26.9. The molecule has 0 radical (unpaired) electrons. The SMILES string of the molecule is COc1nc2ccccc2nc1CCC(=O)N1C[C@@H]2C[C@H](C1)[C@@H]1CCCCN1C2. The van der Waals surface area contributed by atoms with Crippen LogP contribution in [-0.2, 0) is 11.2 Å². The van der Waals surface area contributed by atoms with Crippen LogP contribution in [0.1, 0.15) is 37.8 Å². The van der Waals surface area contributed by atoms with Crippen LogP contribution in [-0.4, -0.2) is 65.0 Å². The lowest BCUT2D eigenvalue weighted by Gasteiger charge is -2.52. The van der Waals surface area contributed by atoms with Crippen molar-refractivity contribution < 1.29 is 9.53 Å². The zero-order chi connectivity index (χ0) is 19.8. The maximum absolute atomic E-state index is 13.0. The monoisotopic (exact) mass is 394 g/mol. The van der Waals surface area contributed by atoms with E-state index in [4.69, 9.17) is 9.72 Å². The van der Waals surface area contributed by atoms with Crippen molar-refractivity contribution in [1.82, 2.24) is 19.8 Å². The number of hydrogen-bond donors (Lipinski definition) is 0. The Bertz CT molecular complexity index is 902. The van der Waals surface area contributed by atoms with E-state index in [1.54, 1.807) is 7.11 Å². The third kappa shape index (κ3) is 3.70. The molecule has 6 nitrogen and oxygen atoms in total. The highest BCUT2D eigenvalue weighted by molar-refractivity contribution is 5.77. The Morgan fingerprint density at radius 1 is 1.14 bits per heavy atom. The maximum Gasteiger partial charge on any atom is 0.235 e. The van der Waals surface area contributed by atoms with E-state index in [2.05, 4.69) is 14.8 Å². The van der Waals surface area contributed by atoms with Crippen LogP contribution in [0.4, 0.5) is 0 Å². The van der Waals surface area contributed by atoms with Crippen molar-refractivity contribution >= 4 is 16.9 Å². The van der Waals surface area contributed by atoms with Crippen molar-refractivity contribution in [1.29, 1.82) is 0 Å². The number of methoxy groups -OCH3 is 1. The zero-order valence-corrected chi connectivity index (χ0v) is 17.2. The molecule has 154 valence electrons. The van der Waals surface area contributed by atoms with E-state index in [9.17, 15) is 4.79 Å². The summed E-state index contributed by atoms with van der Waals surface area (Å²) in [4.78, 5) is 27.2. The molecule has 3 saturated heterocycles. The third-order valence-corrected chi connectivity index (χ3v) is 7.00. The van der Waals surface area contributed by atoms with Crippen LogP contribution in [0.2, 0.25) is 0 Å². The van der Waals surface area contributed by atoms with Crippen LogP contribution in [0.5, 0.6) is 5.88 Å². The standard InChI is InChI=1S/C23H30N4O2/c1-29-23-20(24-18-6-2-3-7-19(18)25-23)9-10-22(28)27-14-16-12-17(15-27)21-8-4-5-11-26(21)13-16/h2-3,6-7,16-17,21H,4-5,8-15H2,1H3/t16-,17-,21+/m1/s1. The largest absolute Gasteiger partial charge is 0.480 e. The summed E-state index contributed by atoms with van der Waals surface area (Å²) in [7, 11) is 1.62. The van der Waals surface area contributed by atoms with E-state index in [-0.39, 0.29) is 5.91 Å². The molecule has 3 aliphatic rings. The van der Waals surface area contributed by atoms with E-state index in [1.807, 2.05) is 24.3 Å². The van der Waals surface area contributed by atoms with Crippen LogP contribution in [0, 0.1) is 11.8 Å². The Kier molecular flexibility index (Phi) is 5.12. The molecule has 1 amide bonds. The molecule has 5 rings (SSSR count). The van der Waals surface area contributed by atoms with Crippen LogP contribution in [0.25, 0.3) is 11.0 Å². The molecule has 4 heterocycles. The van der Waals surface area contributed by atoms with Crippen LogP contribution >= 0.6 is 0 Å². The van der Waals surface area contributed by atoms with Crippen molar-refractivity contribution in [3.05, 3.63) is 30.0 Å². The molecule has 1 aromatic heterocycles. The molecule has 2 bridgehead atoms. The second-order valence-corrected chi connectivity index (χ2v) is 8.89. The highest BCUT2D eigenvalue weighted by Crippen LogP contribution is 2.37. The van der Waals surface area contributed by atoms with Crippen molar-refractivity contribution in [2.75, 3.05) is 33.3 Å². The third-order valence-electron chi connectivity index (χ3n) is 7.00. The fourth-order valence-electron chi connectivity index (χ4n) is 5.70. The Labute approximate surface area is 172 Å². The Morgan fingerprint density at radius 2 is 1.97 bits per heavy atom. The van der Waals surface area contributed by atoms with Gasteiger partial charge in [-0.1, -0.05) is 18.6 Å². The van der Waals surface area contributed by atoms with Crippen molar-refractivity contribution in [3.8, 4) is 5.88 Å². The smallest absolute Gasteiger partial charge is 0.235 e. The number of hydrogen-bond acceptors (Lipinski definition) is 5. The topological polar surface area (TPSA) is 58.6 Å². The molecule has 6 heteroatoms. The van der Waals surface area contributed by atoms with Gasteiger partial charge in [0.25, 0.3) is 0 Å². The van der Waals surface area contributed by atoms with E-state index in [0.717, 1.165) is 29.8 Å². The molecule has 0 aliphatic carbocycles. The summed E-state index contributed by atoms with van der Waals surface area (Å²) >= 11 is 0. The average molecular weight is 395 g/mol. The Morgan fingerprint density at radius 3 is 2.79 bits per heavy atom. The highest BCUT2D eigenvalue weighted by atomic mass is 16.5. The summed E-state index contributed by atoms with van der Waals surface area (Å²) in [6, 6.07) is 8.48. The number of likely N-dealkylation sites (tertiary alicyclic amines) is 1. The Hall–Kier alpha value is -2.21. The van der Waals surface area contributed by atoms with Gasteiger partial charge in [-0.05, 0) is 49.8 Å². The number of carbonyl (C=O) groups is 1. The minimum Gasteiger partial charge on any atom is -0.480 e. The summed E-state index contributed by atoms with van der Waals surface area (Å²) < 4.78 is 5.45. The lowest BCUT2D eigenvalue weighted by molar-refractivity contribution is -0.137. The van der Waals surface area contributed by atoms with Crippen LogP contribution < -0.4 is 4.74 Å². The summed E-state index contributed by atoms with van der Waals surface area (Å²) in [6.07, 6.45) is 6.33. The number of aryl methyl sites for hydroxylation is 1. The van der Waals surface area contributed by atoms with E-state index >= 15 is 0 Å². The second kappa shape index (κ2) is 7.90. The number of ether oxygens (including phenoxy) is 1. The van der Waals surface area contributed by atoms with Crippen molar-refractivity contribution in [2.45, 2.75) is 44.6 Å². The molecule has 0 spiro atoms. The number of nitrogens with zero attached hydrogens (tertiary/aromatic N) is 4. The van der Waals surface area contributed by atoms with Gasteiger partial charge in [-0.25, -0.2) is 9.97 Å². The van der Waals surface area contributed by atoms with Gasteiger partial charge in [-0.15, -0.1) is 0 Å². The lowest BCUT2D eigenvalue weighted by Crippen LogP contribution is -2.59. The Balaban J connectivity index is 1.26. The number of rotatable bonds is 4. The predicted octanol–water partition coefficient (Wildman–Crippen LogP) is 2.90.